The number of anilines is 1. The van der Waals surface area contributed by atoms with Crippen LogP contribution in [0.2, 0.25) is 0 Å². The Morgan fingerprint density at radius 3 is 2.95 bits per heavy atom. The maximum absolute atomic E-state index is 11.3. The molecule has 0 aliphatic carbocycles. The molecule has 5 heteroatoms. The average molecular weight is 289 g/mol. The van der Waals surface area contributed by atoms with Crippen LogP contribution >= 0.6 is 11.3 Å². The first-order valence-electron chi connectivity index (χ1n) is 6.40. The molecule has 1 amide bonds. The van der Waals surface area contributed by atoms with Crippen molar-refractivity contribution in [3.8, 4) is 5.75 Å². The van der Waals surface area contributed by atoms with E-state index >= 15 is 0 Å². The summed E-state index contributed by atoms with van der Waals surface area (Å²) < 4.78 is 5.14. The number of hydrogen-bond acceptors (Lipinski definition) is 4. The summed E-state index contributed by atoms with van der Waals surface area (Å²) in [6, 6.07) is 7.51. The van der Waals surface area contributed by atoms with Gasteiger partial charge in [-0.05, 0) is 29.7 Å². The fraction of sp³-hybridized carbons (Fsp3) is 0.267. The molecule has 1 aliphatic heterocycles. The molecule has 4 nitrogen and oxygen atoms in total. The minimum absolute atomic E-state index is 0.0498. The Hall–Kier alpha value is -1.85. The number of benzene rings is 1. The highest BCUT2D eigenvalue weighted by Gasteiger charge is 2.18. The highest BCUT2D eigenvalue weighted by Crippen LogP contribution is 2.33. The number of fused-ring (bicyclic) bond motifs is 1. The molecule has 2 heterocycles. The van der Waals surface area contributed by atoms with E-state index in [2.05, 4.69) is 5.32 Å². The zero-order chi connectivity index (χ0) is 14.1. The Labute approximate surface area is 121 Å². The molecule has 1 atom stereocenters. The molecule has 2 N–H and O–H groups in total. The van der Waals surface area contributed by atoms with Gasteiger partial charge < -0.3 is 15.2 Å². The standard InChI is InChI=1S/C15H15NO3S/c1-19-11-7-13(20-8-11)15(18)10-2-4-12-9(6-10)3-5-14(17)16-12/h2,4,6-8,15,18H,3,5H2,1H3,(H,16,17). The molecule has 20 heavy (non-hydrogen) atoms. The molecule has 3 rings (SSSR count). The van der Waals surface area contributed by atoms with E-state index in [1.54, 1.807) is 7.11 Å². The number of aliphatic hydroxyl groups is 1. The predicted octanol–water partition coefficient (Wildman–Crippen LogP) is 2.72. The van der Waals surface area contributed by atoms with Crippen LogP contribution in [-0.2, 0) is 11.2 Å². The van der Waals surface area contributed by atoms with E-state index in [4.69, 9.17) is 4.74 Å². The zero-order valence-electron chi connectivity index (χ0n) is 11.1. The second-order valence-corrected chi connectivity index (χ2v) is 5.70. The lowest BCUT2D eigenvalue weighted by atomic mass is 9.98. The number of amides is 1. The Kier molecular flexibility index (Phi) is 3.46. The minimum atomic E-state index is -0.660. The van der Waals surface area contributed by atoms with Crippen LogP contribution in [0.5, 0.6) is 5.75 Å². The van der Waals surface area contributed by atoms with Crippen molar-refractivity contribution in [2.45, 2.75) is 18.9 Å². The van der Waals surface area contributed by atoms with E-state index < -0.39 is 6.10 Å². The second-order valence-electron chi connectivity index (χ2n) is 4.76. The topological polar surface area (TPSA) is 58.6 Å². The lowest BCUT2D eigenvalue weighted by molar-refractivity contribution is -0.116. The number of aryl methyl sites for hydroxylation is 1. The molecule has 0 fully saturated rings. The maximum atomic E-state index is 11.3. The number of methoxy groups -OCH3 is 1. The molecule has 0 saturated heterocycles. The Morgan fingerprint density at radius 1 is 1.35 bits per heavy atom. The van der Waals surface area contributed by atoms with Crippen LogP contribution in [0.25, 0.3) is 0 Å². The molecule has 0 spiro atoms. The van der Waals surface area contributed by atoms with E-state index in [0.29, 0.717) is 6.42 Å². The van der Waals surface area contributed by atoms with Crippen LogP contribution in [0.3, 0.4) is 0 Å². The summed E-state index contributed by atoms with van der Waals surface area (Å²) in [5.74, 6) is 0.808. The van der Waals surface area contributed by atoms with Crippen LogP contribution in [-0.4, -0.2) is 18.1 Å². The third kappa shape index (κ3) is 2.42. The van der Waals surface area contributed by atoms with Gasteiger partial charge in [-0.1, -0.05) is 12.1 Å². The summed E-state index contributed by atoms with van der Waals surface area (Å²) in [6.07, 6.45) is 0.557. The Balaban J connectivity index is 1.88. The quantitative estimate of drug-likeness (QED) is 0.913. The number of thiophene rings is 1. The third-order valence-corrected chi connectivity index (χ3v) is 4.40. The molecule has 1 unspecified atom stereocenters. The number of rotatable bonds is 3. The number of carbonyl (C=O) groups excluding carboxylic acids is 1. The molecule has 0 radical (unpaired) electrons. The summed E-state index contributed by atoms with van der Waals surface area (Å²) in [4.78, 5) is 12.2. The molecule has 2 aromatic rings. The van der Waals surface area contributed by atoms with E-state index in [1.807, 2.05) is 29.6 Å². The van der Waals surface area contributed by atoms with Gasteiger partial charge in [0.1, 0.15) is 11.9 Å². The number of hydrogen-bond donors (Lipinski definition) is 2. The van der Waals surface area contributed by atoms with Crippen LogP contribution in [0.4, 0.5) is 5.69 Å². The monoisotopic (exact) mass is 289 g/mol. The van der Waals surface area contributed by atoms with Gasteiger partial charge in [-0.25, -0.2) is 0 Å². The molecule has 1 aromatic heterocycles. The lowest BCUT2D eigenvalue weighted by Gasteiger charge is -2.19. The minimum Gasteiger partial charge on any atom is -0.496 e. The average Bonchev–Trinajstić information content (AvgIpc) is 2.95. The summed E-state index contributed by atoms with van der Waals surface area (Å²) in [7, 11) is 1.61. The molecule has 0 bridgehead atoms. The van der Waals surface area contributed by atoms with Crippen molar-refractivity contribution < 1.29 is 14.6 Å². The van der Waals surface area contributed by atoms with Gasteiger partial charge in [-0.3, -0.25) is 4.79 Å². The summed E-state index contributed by atoms with van der Waals surface area (Å²) in [5, 5.41) is 15.1. The van der Waals surface area contributed by atoms with Gasteiger partial charge in [0.25, 0.3) is 0 Å². The van der Waals surface area contributed by atoms with Crippen LogP contribution in [0.1, 0.15) is 28.5 Å². The van der Waals surface area contributed by atoms with Crippen LogP contribution in [0.15, 0.2) is 29.6 Å². The largest absolute Gasteiger partial charge is 0.496 e. The molecule has 1 aliphatic rings. The summed E-state index contributed by atoms with van der Waals surface area (Å²) in [6.45, 7) is 0. The van der Waals surface area contributed by atoms with E-state index in [0.717, 1.165) is 33.9 Å². The number of carbonyl (C=O) groups is 1. The maximum Gasteiger partial charge on any atom is 0.224 e. The predicted molar refractivity (Wildman–Crippen MR) is 78.3 cm³/mol. The fourth-order valence-electron chi connectivity index (χ4n) is 2.32. The molecule has 0 saturated carbocycles. The van der Waals surface area contributed by atoms with E-state index in [1.165, 1.54) is 11.3 Å². The first kappa shape index (κ1) is 13.1. The van der Waals surface area contributed by atoms with Crippen molar-refractivity contribution in [3.05, 3.63) is 45.6 Å². The molecular weight excluding hydrogens is 274 g/mol. The van der Waals surface area contributed by atoms with Crippen molar-refractivity contribution in [2.24, 2.45) is 0 Å². The fourth-order valence-corrected chi connectivity index (χ4v) is 3.19. The summed E-state index contributed by atoms with van der Waals surface area (Å²) >= 11 is 1.47. The van der Waals surface area contributed by atoms with Crippen molar-refractivity contribution in [2.75, 3.05) is 12.4 Å². The van der Waals surface area contributed by atoms with Gasteiger partial charge in [0.05, 0.1) is 7.11 Å². The second kappa shape index (κ2) is 5.26. The van der Waals surface area contributed by atoms with Crippen molar-refractivity contribution in [1.82, 2.24) is 0 Å². The van der Waals surface area contributed by atoms with Crippen LogP contribution in [0, 0.1) is 0 Å². The highest BCUT2D eigenvalue weighted by atomic mass is 32.1. The van der Waals surface area contributed by atoms with Crippen molar-refractivity contribution >= 4 is 22.9 Å². The highest BCUT2D eigenvalue weighted by molar-refractivity contribution is 7.10. The zero-order valence-corrected chi connectivity index (χ0v) is 11.9. The number of nitrogens with one attached hydrogen (secondary N) is 1. The van der Waals surface area contributed by atoms with Gasteiger partial charge in [0.2, 0.25) is 5.91 Å². The van der Waals surface area contributed by atoms with Gasteiger partial charge in [-0.15, -0.1) is 11.3 Å². The smallest absolute Gasteiger partial charge is 0.224 e. The normalized spacial score (nSPS) is 15.4. The molecule has 1 aromatic carbocycles. The van der Waals surface area contributed by atoms with E-state index in [9.17, 15) is 9.90 Å². The van der Waals surface area contributed by atoms with Gasteiger partial charge in [0.15, 0.2) is 0 Å². The Morgan fingerprint density at radius 2 is 2.20 bits per heavy atom. The van der Waals surface area contributed by atoms with Gasteiger partial charge in [-0.2, -0.15) is 0 Å². The first-order chi connectivity index (χ1) is 9.67. The van der Waals surface area contributed by atoms with Crippen LogP contribution < -0.4 is 10.1 Å². The first-order valence-corrected chi connectivity index (χ1v) is 7.28. The number of aliphatic hydroxyl groups excluding tert-OH is 1. The Bertz CT molecular complexity index is 650. The SMILES string of the molecule is COc1csc(C(O)c2ccc3c(c2)CCC(=O)N3)c1. The van der Waals surface area contributed by atoms with Gasteiger partial charge in [0, 0.05) is 22.4 Å². The summed E-state index contributed by atoms with van der Waals surface area (Å²) in [5.41, 5.74) is 2.76. The van der Waals surface area contributed by atoms with Gasteiger partial charge >= 0.3 is 0 Å². The van der Waals surface area contributed by atoms with Crippen molar-refractivity contribution in [3.63, 3.8) is 0 Å². The third-order valence-electron chi connectivity index (χ3n) is 3.44. The van der Waals surface area contributed by atoms with Crippen molar-refractivity contribution in [1.29, 1.82) is 0 Å². The molecular formula is C15H15NO3S. The number of ether oxygens (including phenoxy) is 1. The van der Waals surface area contributed by atoms with E-state index in [-0.39, 0.29) is 5.91 Å². The lowest BCUT2D eigenvalue weighted by Crippen LogP contribution is -2.19. The molecule has 104 valence electrons.